The third-order valence-corrected chi connectivity index (χ3v) is 2.16. The van der Waals surface area contributed by atoms with E-state index in [9.17, 15) is 14.3 Å². The highest BCUT2D eigenvalue weighted by atomic mass is 19.1. The highest BCUT2D eigenvalue weighted by molar-refractivity contribution is 6.05. The third kappa shape index (κ3) is 2.41. The van der Waals surface area contributed by atoms with Crippen molar-refractivity contribution in [3.8, 4) is 5.75 Å². The first-order chi connectivity index (χ1) is 8.06. The minimum Gasteiger partial charge on any atom is -0.507 e. The Morgan fingerprint density at radius 1 is 1.47 bits per heavy atom. The van der Waals surface area contributed by atoms with E-state index in [1.807, 2.05) is 0 Å². The largest absolute Gasteiger partial charge is 0.507 e. The van der Waals surface area contributed by atoms with Crippen molar-refractivity contribution >= 4 is 11.7 Å². The molecule has 1 amide bonds. The zero-order valence-electron chi connectivity index (χ0n) is 9.01. The van der Waals surface area contributed by atoms with Gasteiger partial charge in [0.05, 0.1) is 5.56 Å². The number of rotatable bonds is 2. The van der Waals surface area contributed by atoms with E-state index in [0.29, 0.717) is 5.82 Å². The number of aryl methyl sites for hydroxylation is 1. The van der Waals surface area contributed by atoms with E-state index in [1.165, 1.54) is 4.68 Å². The molecule has 0 unspecified atom stereocenters. The molecule has 0 saturated heterocycles. The van der Waals surface area contributed by atoms with E-state index >= 15 is 0 Å². The van der Waals surface area contributed by atoms with Crippen LogP contribution >= 0.6 is 0 Å². The number of nitrogens with zero attached hydrogens (tertiary/aromatic N) is 2. The average molecular weight is 235 g/mol. The lowest BCUT2D eigenvalue weighted by Gasteiger charge is -2.04. The molecule has 0 aliphatic carbocycles. The highest BCUT2D eigenvalue weighted by Crippen LogP contribution is 2.18. The number of carbonyl (C=O) groups is 1. The summed E-state index contributed by atoms with van der Waals surface area (Å²) in [5, 5.41) is 15.8. The number of halogens is 1. The molecule has 17 heavy (non-hydrogen) atoms. The fourth-order valence-corrected chi connectivity index (χ4v) is 1.36. The molecule has 0 radical (unpaired) electrons. The Morgan fingerprint density at radius 3 is 2.88 bits per heavy atom. The number of hydrogen-bond acceptors (Lipinski definition) is 3. The maximum atomic E-state index is 12.9. The second-order valence-corrected chi connectivity index (χ2v) is 3.49. The van der Waals surface area contributed by atoms with Crippen LogP contribution in [0.1, 0.15) is 10.4 Å². The third-order valence-electron chi connectivity index (χ3n) is 2.16. The lowest BCUT2D eigenvalue weighted by atomic mass is 10.2. The van der Waals surface area contributed by atoms with Gasteiger partial charge in [-0.2, -0.15) is 5.10 Å². The first-order valence-electron chi connectivity index (χ1n) is 4.86. The Bertz CT molecular complexity index is 566. The number of phenolic OH excluding ortho intramolecular Hbond substituents is 1. The minimum atomic E-state index is -0.610. The summed E-state index contributed by atoms with van der Waals surface area (Å²) in [6, 6.07) is 4.76. The summed E-state index contributed by atoms with van der Waals surface area (Å²) in [7, 11) is 1.70. The number of nitrogens with one attached hydrogen (secondary N) is 1. The number of anilines is 1. The predicted octanol–water partition coefficient (Wildman–Crippen LogP) is 1.52. The van der Waals surface area contributed by atoms with E-state index < -0.39 is 11.7 Å². The lowest BCUT2D eigenvalue weighted by molar-refractivity contribution is 0.102. The number of amides is 1. The van der Waals surface area contributed by atoms with Gasteiger partial charge in [0.25, 0.3) is 5.91 Å². The number of aromatic nitrogens is 2. The standard InChI is InChI=1S/C11H10FN3O2/c1-15-5-4-10(14-15)13-11(17)8-6-7(12)2-3-9(8)16/h2-6,16H,1H3,(H,13,14,17). The minimum absolute atomic E-state index is 0.129. The SMILES string of the molecule is Cn1ccc(NC(=O)c2cc(F)ccc2O)n1. The number of hydrogen-bond donors (Lipinski definition) is 2. The molecule has 0 bridgehead atoms. The molecule has 1 aromatic heterocycles. The fraction of sp³-hybridized carbons (Fsp3) is 0.0909. The Kier molecular flexibility index (Phi) is 2.78. The van der Waals surface area contributed by atoms with Crippen molar-refractivity contribution in [1.82, 2.24) is 9.78 Å². The average Bonchev–Trinajstić information content (AvgIpc) is 2.67. The first-order valence-corrected chi connectivity index (χ1v) is 4.86. The molecule has 0 aliphatic heterocycles. The zero-order valence-corrected chi connectivity index (χ0v) is 9.01. The van der Waals surface area contributed by atoms with Crippen molar-refractivity contribution in [3.05, 3.63) is 41.8 Å². The summed E-state index contributed by atoms with van der Waals surface area (Å²) in [5.74, 6) is -1.14. The Balaban J connectivity index is 2.22. The predicted molar refractivity (Wildman–Crippen MR) is 59.2 cm³/mol. The summed E-state index contributed by atoms with van der Waals surface area (Å²) < 4.78 is 14.5. The van der Waals surface area contributed by atoms with Crippen molar-refractivity contribution in [2.24, 2.45) is 7.05 Å². The highest BCUT2D eigenvalue weighted by Gasteiger charge is 2.13. The van der Waals surface area contributed by atoms with Crippen LogP contribution < -0.4 is 5.32 Å². The molecule has 88 valence electrons. The van der Waals surface area contributed by atoms with E-state index in [2.05, 4.69) is 10.4 Å². The lowest BCUT2D eigenvalue weighted by Crippen LogP contribution is -2.13. The molecule has 0 saturated carbocycles. The summed E-state index contributed by atoms with van der Waals surface area (Å²) in [4.78, 5) is 11.7. The molecule has 2 N–H and O–H groups in total. The summed E-state index contributed by atoms with van der Waals surface area (Å²) >= 11 is 0. The van der Waals surface area contributed by atoms with Crippen molar-refractivity contribution in [2.45, 2.75) is 0 Å². The molecular formula is C11H10FN3O2. The van der Waals surface area contributed by atoms with Gasteiger partial charge in [0, 0.05) is 19.3 Å². The molecule has 2 rings (SSSR count). The van der Waals surface area contributed by atoms with E-state index in [0.717, 1.165) is 18.2 Å². The topological polar surface area (TPSA) is 67.2 Å². The molecule has 5 nitrogen and oxygen atoms in total. The Labute approximate surface area is 96.5 Å². The molecule has 1 aromatic carbocycles. The van der Waals surface area contributed by atoms with Crippen molar-refractivity contribution in [2.75, 3.05) is 5.32 Å². The number of phenols is 1. The van der Waals surface area contributed by atoms with Gasteiger partial charge in [0.15, 0.2) is 5.82 Å². The quantitative estimate of drug-likeness (QED) is 0.829. The molecule has 0 aliphatic rings. The van der Waals surface area contributed by atoms with Gasteiger partial charge in [-0.05, 0) is 18.2 Å². The fourth-order valence-electron chi connectivity index (χ4n) is 1.36. The van der Waals surface area contributed by atoms with Gasteiger partial charge in [0.1, 0.15) is 11.6 Å². The van der Waals surface area contributed by atoms with E-state index in [1.54, 1.807) is 19.3 Å². The molecule has 6 heteroatoms. The van der Waals surface area contributed by atoms with Crippen LogP contribution in [0.2, 0.25) is 0 Å². The van der Waals surface area contributed by atoms with Crippen LogP contribution in [0.3, 0.4) is 0 Å². The monoisotopic (exact) mass is 235 g/mol. The molecule has 1 heterocycles. The van der Waals surface area contributed by atoms with Gasteiger partial charge in [-0.25, -0.2) is 4.39 Å². The van der Waals surface area contributed by atoms with Gasteiger partial charge >= 0.3 is 0 Å². The van der Waals surface area contributed by atoms with Gasteiger partial charge in [-0.1, -0.05) is 0 Å². The second kappa shape index (κ2) is 4.25. The number of carbonyl (C=O) groups excluding carboxylic acids is 1. The molecule has 0 spiro atoms. The maximum Gasteiger partial charge on any atom is 0.260 e. The maximum absolute atomic E-state index is 12.9. The van der Waals surface area contributed by atoms with Crippen molar-refractivity contribution in [1.29, 1.82) is 0 Å². The molecule has 0 atom stereocenters. The zero-order chi connectivity index (χ0) is 12.4. The van der Waals surface area contributed by atoms with Crippen molar-refractivity contribution < 1.29 is 14.3 Å². The van der Waals surface area contributed by atoms with Gasteiger partial charge < -0.3 is 10.4 Å². The summed E-state index contributed by atoms with van der Waals surface area (Å²) in [6.07, 6.45) is 1.65. The second-order valence-electron chi connectivity index (χ2n) is 3.49. The first kappa shape index (κ1) is 11.1. The smallest absolute Gasteiger partial charge is 0.260 e. The van der Waals surface area contributed by atoms with Crippen LogP contribution in [0.5, 0.6) is 5.75 Å². The van der Waals surface area contributed by atoms with Crippen LogP contribution in [0.4, 0.5) is 10.2 Å². The van der Waals surface area contributed by atoms with Crippen LogP contribution in [0.25, 0.3) is 0 Å². The Morgan fingerprint density at radius 2 is 2.24 bits per heavy atom. The summed E-state index contributed by atoms with van der Waals surface area (Å²) in [6.45, 7) is 0. The Hall–Kier alpha value is -2.37. The van der Waals surface area contributed by atoms with Gasteiger partial charge in [-0.3, -0.25) is 9.48 Å². The normalized spacial score (nSPS) is 10.2. The van der Waals surface area contributed by atoms with Crippen LogP contribution in [0, 0.1) is 5.82 Å². The number of benzene rings is 1. The molecule has 0 fully saturated rings. The molecular weight excluding hydrogens is 225 g/mol. The van der Waals surface area contributed by atoms with Gasteiger partial charge in [0.2, 0.25) is 0 Å². The van der Waals surface area contributed by atoms with Crippen LogP contribution in [-0.4, -0.2) is 20.8 Å². The van der Waals surface area contributed by atoms with E-state index in [-0.39, 0.29) is 11.3 Å². The summed E-state index contributed by atoms with van der Waals surface area (Å²) in [5.41, 5.74) is -0.129. The van der Waals surface area contributed by atoms with Gasteiger partial charge in [-0.15, -0.1) is 0 Å². The molecule has 2 aromatic rings. The number of aromatic hydroxyl groups is 1. The van der Waals surface area contributed by atoms with E-state index in [4.69, 9.17) is 0 Å². The van der Waals surface area contributed by atoms with Crippen LogP contribution in [0.15, 0.2) is 30.5 Å². The van der Waals surface area contributed by atoms with Crippen LogP contribution in [-0.2, 0) is 7.05 Å². The van der Waals surface area contributed by atoms with Crippen molar-refractivity contribution in [3.63, 3.8) is 0 Å².